The highest BCUT2D eigenvalue weighted by molar-refractivity contribution is 7.92. The van der Waals surface area contributed by atoms with Gasteiger partial charge in [-0.05, 0) is 30.3 Å². The fourth-order valence-electron chi connectivity index (χ4n) is 1.79. The molecule has 0 aliphatic rings. The predicted octanol–water partition coefficient (Wildman–Crippen LogP) is 1.94. The lowest BCUT2D eigenvalue weighted by molar-refractivity contribution is -0.303. The van der Waals surface area contributed by atoms with E-state index in [-0.39, 0.29) is 20.6 Å². The van der Waals surface area contributed by atoms with Crippen LogP contribution in [0, 0.1) is 0 Å². The first-order chi connectivity index (χ1) is 10.3. The summed E-state index contributed by atoms with van der Waals surface area (Å²) in [4.78, 5) is 10.9. The van der Waals surface area contributed by atoms with Crippen molar-refractivity contribution in [3.63, 3.8) is 0 Å². The van der Waals surface area contributed by atoms with E-state index >= 15 is 0 Å². The molecule has 2 aromatic rings. The Hall–Kier alpha value is -1.76. The number of hydrogen-bond donors (Lipinski definition) is 0. The van der Waals surface area contributed by atoms with E-state index in [2.05, 4.69) is 0 Å². The van der Waals surface area contributed by atoms with Crippen molar-refractivity contribution >= 4 is 44.9 Å². The van der Waals surface area contributed by atoms with Crippen molar-refractivity contribution in [1.29, 1.82) is 0 Å². The zero-order valence-corrected chi connectivity index (χ0v) is 13.4. The molecule has 0 atom stereocenters. The third-order valence-electron chi connectivity index (χ3n) is 2.80. The summed E-state index contributed by atoms with van der Waals surface area (Å²) in [6.45, 7) is -0.838. The van der Waals surface area contributed by atoms with Crippen LogP contribution in [0.3, 0.4) is 0 Å². The minimum atomic E-state index is -4.07. The Morgan fingerprint density at radius 3 is 2.23 bits per heavy atom. The van der Waals surface area contributed by atoms with Gasteiger partial charge in [-0.25, -0.2) is 8.42 Å². The number of aliphatic carboxylic acids is 1. The first-order valence-electron chi connectivity index (χ1n) is 6.05. The Morgan fingerprint density at radius 2 is 1.68 bits per heavy atom. The number of anilines is 1. The van der Waals surface area contributed by atoms with Gasteiger partial charge in [0.2, 0.25) is 0 Å². The Balaban J connectivity index is 2.55. The molecule has 0 amide bonds. The van der Waals surface area contributed by atoms with Crippen molar-refractivity contribution in [3.05, 3.63) is 58.6 Å². The van der Waals surface area contributed by atoms with E-state index in [0.717, 1.165) is 0 Å². The topological polar surface area (TPSA) is 77.5 Å². The Morgan fingerprint density at radius 1 is 1.05 bits per heavy atom. The second kappa shape index (κ2) is 6.56. The van der Waals surface area contributed by atoms with E-state index < -0.39 is 22.5 Å². The van der Waals surface area contributed by atoms with Gasteiger partial charge >= 0.3 is 0 Å². The van der Waals surface area contributed by atoms with Crippen LogP contribution in [0.2, 0.25) is 10.0 Å². The van der Waals surface area contributed by atoms with Crippen LogP contribution in [0.1, 0.15) is 0 Å². The monoisotopic (exact) mass is 358 g/mol. The zero-order chi connectivity index (χ0) is 16.3. The van der Waals surface area contributed by atoms with Gasteiger partial charge in [-0.15, -0.1) is 0 Å². The molecule has 0 unspecified atom stereocenters. The molecule has 0 aromatic heterocycles. The lowest BCUT2D eigenvalue weighted by atomic mass is 10.3. The third-order valence-corrected chi connectivity index (χ3v) is 5.32. The van der Waals surface area contributed by atoms with E-state index in [0.29, 0.717) is 4.31 Å². The molecule has 116 valence electrons. The van der Waals surface area contributed by atoms with Crippen LogP contribution < -0.4 is 9.41 Å². The third kappa shape index (κ3) is 3.52. The van der Waals surface area contributed by atoms with E-state index in [4.69, 9.17) is 23.2 Å². The number of nitrogens with zero attached hydrogens (tertiary/aromatic N) is 1. The summed E-state index contributed by atoms with van der Waals surface area (Å²) in [7, 11) is -4.07. The highest BCUT2D eigenvalue weighted by Crippen LogP contribution is 2.30. The molecule has 0 fully saturated rings. The summed E-state index contributed by atoms with van der Waals surface area (Å²) in [6.07, 6.45) is 0. The van der Waals surface area contributed by atoms with Gasteiger partial charge in [0.15, 0.2) is 0 Å². The molecule has 0 aliphatic heterocycles. The fourth-order valence-corrected chi connectivity index (χ4v) is 3.51. The number of sulfonamides is 1. The second-order valence-corrected chi connectivity index (χ2v) is 6.97. The number of carbonyl (C=O) groups is 1. The van der Waals surface area contributed by atoms with Gasteiger partial charge in [-0.1, -0.05) is 41.4 Å². The number of hydrogen-bond acceptors (Lipinski definition) is 4. The van der Waals surface area contributed by atoms with Crippen LogP contribution in [-0.4, -0.2) is 20.9 Å². The predicted molar refractivity (Wildman–Crippen MR) is 82.4 cm³/mol. The number of benzene rings is 2. The molecule has 0 heterocycles. The number of halogens is 2. The molecule has 0 N–H and O–H groups in total. The lowest BCUT2D eigenvalue weighted by Gasteiger charge is -2.25. The Labute approximate surface area is 137 Å². The van der Waals surface area contributed by atoms with Gasteiger partial charge < -0.3 is 9.90 Å². The molecule has 0 radical (unpaired) electrons. The molecule has 0 saturated carbocycles. The highest BCUT2D eigenvalue weighted by atomic mass is 35.5. The van der Waals surface area contributed by atoms with Crippen LogP contribution in [0.25, 0.3) is 0 Å². The Bertz CT molecular complexity index is 794. The maximum absolute atomic E-state index is 12.6. The van der Waals surface area contributed by atoms with Crippen LogP contribution >= 0.6 is 23.2 Å². The van der Waals surface area contributed by atoms with Gasteiger partial charge in [0, 0.05) is 0 Å². The molecule has 2 aromatic carbocycles. The summed E-state index contributed by atoms with van der Waals surface area (Å²) in [5.41, 5.74) is 0.0856. The first kappa shape index (κ1) is 16.6. The van der Waals surface area contributed by atoms with Crippen LogP contribution in [0.5, 0.6) is 0 Å². The van der Waals surface area contributed by atoms with Crippen molar-refractivity contribution in [2.45, 2.75) is 4.90 Å². The quantitative estimate of drug-likeness (QED) is 0.818. The summed E-state index contributed by atoms with van der Waals surface area (Å²) in [5.74, 6) is -1.54. The molecule has 5 nitrogen and oxygen atoms in total. The lowest BCUT2D eigenvalue weighted by Crippen LogP contribution is -2.41. The minimum Gasteiger partial charge on any atom is -0.548 e. The summed E-state index contributed by atoms with van der Waals surface area (Å²) >= 11 is 11.7. The summed E-state index contributed by atoms with van der Waals surface area (Å²) in [5, 5.41) is 11.3. The Kier molecular flexibility index (Phi) is 4.95. The SMILES string of the molecule is O=C([O-])CN(c1ccc(Cl)c(Cl)c1)S(=O)(=O)c1ccccc1. The van der Waals surface area contributed by atoms with Crippen LogP contribution in [-0.2, 0) is 14.8 Å². The fraction of sp³-hybridized carbons (Fsp3) is 0.0714. The van der Waals surface area contributed by atoms with Gasteiger partial charge in [0.05, 0.1) is 33.1 Å². The molecular weight excluding hydrogens is 349 g/mol. The molecule has 8 heteroatoms. The average Bonchev–Trinajstić information content (AvgIpc) is 2.48. The maximum atomic E-state index is 12.6. The van der Waals surface area contributed by atoms with Crippen molar-refractivity contribution in [3.8, 4) is 0 Å². The number of carboxylic acids is 1. The molecule has 0 bridgehead atoms. The van der Waals surface area contributed by atoms with Gasteiger partial charge in [0.25, 0.3) is 10.0 Å². The molecule has 0 spiro atoms. The minimum absolute atomic E-state index is 0.0395. The highest BCUT2D eigenvalue weighted by Gasteiger charge is 2.25. The molecule has 0 aliphatic carbocycles. The standard InChI is InChI=1S/C14H11Cl2NO4S/c15-12-7-6-10(8-13(12)16)17(9-14(18)19)22(20,21)11-4-2-1-3-5-11/h1-8H,9H2,(H,18,19)/p-1. The largest absolute Gasteiger partial charge is 0.548 e. The molecule has 2 rings (SSSR count). The van der Waals surface area contributed by atoms with Crippen molar-refractivity contribution in [1.82, 2.24) is 0 Å². The maximum Gasteiger partial charge on any atom is 0.264 e. The first-order valence-corrected chi connectivity index (χ1v) is 8.24. The number of rotatable bonds is 5. The summed E-state index contributed by atoms with van der Waals surface area (Å²) < 4.78 is 26.0. The van der Waals surface area contributed by atoms with Gasteiger partial charge in [-0.3, -0.25) is 4.31 Å². The smallest absolute Gasteiger partial charge is 0.264 e. The van der Waals surface area contributed by atoms with Gasteiger partial charge in [-0.2, -0.15) is 0 Å². The normalized spacial score (nSPS) is 11.2. The van der Waals surface area contributed by atoms with E-state index in [1.54, 1.807) is 18.2 Å². The number of carbonyl (C=O) groups excluding carboxylic acids is 1. The molecular formula is C14H10Cl2NO4S-. The van der Waals surface area contributed by atoms with Crippen LogP contribution in [0.15, 0.2) is 53.4 Å². The van der Waals surface area contributed by atoms with Crippen molar-refractivity contribution in [2.24, 2.45) is 0 Å². The molecule has 0 saturated heterocycles. The van der Waals surface area contributed by atoms with E-state index in [1.165, 1.54) is 30.3 Å². The van der Waals surface area contributed by atoms with Crippen molar-refractivity contribution in [2.75, 3.05) is 10.8 Å². The number of carboxylic acid groups (broad SMARTS) is 1. The molecule has 22 heavy (non-hydrogen) atoms. The van der Waals surface area contributed by atoms with E-state index in [9.17, 15) is 18.3 Å². The summed E-state index contributed by atoms with van der Waals surface area (Å²) in [6, 6.07) is 11.5. The zero-order valence-electron chi connectivity index (χ0n) is 11.1. The average molecular weight is 359 g/mol. The van der Waals surface area contributed by atoms with Gasteiger partial charge in [0.1, 0.15) is 0 Å². The van der Waals surface area contributed by atoms with Crippen molar-refractivity contribution < 1.29 is 18.3 Å². The second-order valence-electron chi connectivity index (χ2n) is 4.30. The van der Waals surface area contributed by atoms with E-state index in [1.807, 2.05) is 0 Å². The van der Waals surface area contributed by atoms with Crippen LogP contribution in [0.4, 0.5) is 5.69 Å².